The second-order valence-electron chi connectivity index (χ2n) is 5.38. The van der Waals surface area contributed by atoms with E-state index < -0.39 is 12.0 Å². The second kappa shape index (κ2) is 9.17. The SMILES string of the molecule is C[C@H](Oc1cccc(Br)c1)C(=O)NNC(=O)CCc1ccc(F)cc1. The standard InChI is InChI=1S/C18H18BrFN2O3/c1-12(25-16-4-2-3-14(19)11-16)18(24)22-21-17(23)10-7-13-5-8-15(20)9-6-13/h2-6,8-9,11-12H,7,10H2,1H3,(H,21,23)(H,22,24)/t12-/m0/s1. The van der Waals surface area contributed by atoms with Crippen LogP contribution in [-0.4, -0.2) is 17.9 Å². The van der Waals surface area contributed by atoms with Gasteiger partial charge < -0.3 is 4.74 Å². The Morgan fingerprint density at radius 3 is 2.56 bits per heavy atom. The van der Waals surface area contributed by atoms with Crippen molar-refractivity contribution in [2.45, 2.75) is 25.9 Å². The molecule has 0 aliphatic heterocycles. The quantitative estimate of drug-likeness (QED) is 0.721. The zero-order valence-corrected chi connectivity index (χ0v) is 15.2. The smallest absolute Gasteiger partial charge is 0.279 e. The molecule has 0 heterocycles. The third-order valence-electron chi connectivity index (χ3n) is 3.36. The molecule has 2 amide bonds. The molecule has 0 aliphatic rings. The third kappa shape index (κ3) is 6.54. The van der Waals surface area contributed by atoms with Crippen LogP contribution in [0.5, 0.6) is 5.75 Å². The third-order valence-corrected chi connectivity index (χ3v) is 3.85. The van der Waals surface area contributed by atoms with E-state index >= 15 is 0 Å². The van der Waals surface area contributed by atoms with Crippen molar-refractivity contribution < 1.29 is 18.7 Å². The van der Waals surface area contributed by atoms with Crippen LogP contribution in [-0.2, 0) is 16.0 Å². The Bertz CT molecular complexity index is 737. The van der Waals surface area contributed by atoms with Gasteiger partial charge in [0.2, 0.25) is 5.91 Å². The van der Waals surface area contributed by atoms with Crippen LogP contribution in [0, 0.1) is 5.82 Å². The average molecular weight is 409 g/mol. The zero-order chi connectivity index (χ0) is 18.2. The van der Waals surface area contributed by atoms with Gasteiger partial charge in [-0.15, -0.1) is 0 Å². The molecular formula is C18H18BrFN2O3. The largest absolute Gasteiger partial charge is 0.481 e. The fourth-order valence-electron chi connectivity index (χ4n) is 2.00. The Balaban J connectivity index is 1.72. The lowest BCUT2D eigenvalue weighted by molar-refractivity contribution is -0.132. The lowest BCUT2D eigenvalue weighted by Crippen LogP contribution is -2.47. The number of amides is 2. The summed E-state index contributed by atoms with van der Waals surface area (Å²) in [5.41, 5.74) is 5.51. The van der Waals surface area contributed by atoms with Gasteiger partial charge in [-0.05, 0) is 49.2 Å². The molecule has 0 aliphatic carbocycles. The molecule has 1 atom stereocenters. The van der Waals surface area contributed by atoms with Crippen molar-refractivity contribution in [1.82, 2.24) is 10.9 Å². The number of nitrogens with one attached hydrogen (secondary N) is 2. The number of benzene rings is 2. The number of hydrogen-bond donors (Lipinski definition) is 2. The van der Waals surface area contributed by atoms with E-state index in [0.29, 0.717) is 12.2 Å². The van der Waals surface area contributed by atoms with Gasteiger partial charge in [-0.1, -0.05) is 34.1 Å². The van der Waals surface area contributed by atoms with Crippen molar-refractivity contribution in [2.75, 3.05) is 0 Å². The Morgan fingerprint density at radius 1 is 1.16 bits per heavy atom. The highest BCUT2D eigenvalue weighted by Crippen LogP contribution is 2.18. The lowest BCUT2D eigenvalue weighted by atomic mass is 10.1. The van der Waals surface area contributed by atoms with E-state index in [0.717, 1.165) is 10.0 Å². The number of aryl methyl sites for hydroxylation is 1. The summed E-state index contributed by atoms with van der Waals surface area (Å²) < 4.78 is 19.1. The summed E-state index contributed by atoms with van der Waals surface area (Å²) in [7, 11) is 0. The number of hydrogen-bond acceptors (Lipinski definition) is 3. The van der Waals surface area contributed by atoms with Crippen LogP contribution in [0.4, 0.5) is 4.39 Å². The van der Waals surface area contributed by atoms with Crippen LogP contribution in [0.15, 0.2) is 53.0 Å². The first kappa shape index (κ1) is 18.9. The summed E-state index contributed by atoms with van der Waals surface area (Å²) in [4.78, 5) is 23.7. The van der Waals surface area contributed by atoms with Crippen LogP contribution in [0.3, 0.4) is 0 Å². The molecule has 7 heteroatoms. The molecule has 2 N–H and O–H groups in total. The van der Waals surface area contributed by atoms with Crippen molar-refractivity contribution in [1.29, 1.82) is 0 Å². The van der Waals surface area contributed by atoms with Gasteiger partial charge in [0.25, 0.3) is 5.91 Å². The molecule has 0 spiro atoms. The number of rotatable bonds is 6. The molecule has 2 aromatic carbocycles. The number of carbonyl (C=O) groups excluding carboxylic acids is 2. The minimum atomic E-state index is -0.772. The summed E-state index contributed by atoms with van der Waals surface area (Å²) in [6.07, 6.45) is -0.148. The summed E-state index contributed by atoms with van der Waals surface area (Å²) >= 11 is 3.32. The van der Waals surface area contributed by atoms with Crippen molar-refractivity contribution >= 4 is 27.7 Å². The summed E-state index contributed by atoms with van der Waals surface area (Å²) in [5.74, 6) is -0.581. The Kier molecular flexibility index (Phi) is 6.94. The van der Waals surface area contributed by atoms with Gasteiger partial charge in [-0.25, -0.2) is 4.39 Å². The zero-order valence-electron chi connectivity index (χ0n) is 13.6. The highest BCUT2D eigenvalue weighted by Gasteiger charge is 2.15. The first-order chi connectivity index (χ1) is 11.9. The Morgan fingerprint density at radius 2 is 1.88 bits per heavy atom. The van der Waals surface area contributed by atoms with E-state index in [9.17, 15) is 14.0 Å². The van der Waals surface area contributed by atoms with Crippen molar-refractivity contribution in [3.63, 3.8) is 0 Å². The van der Waals surface area contributed by atoms with Crippen LogP contribution in [0.25, 0.3) is 0 Å². The van der Waals surface area contributed by atoms with E-state index in [2.05, 4.69) is 26.8 Å². The van der Waals surface area contributed by atoms with Crippen LogP contribution in [0.1, 0.15) is 18.9 Å². The molecule has 0 unspecified atom stereocenters. The minimum absolute atomic E-state index is 0.173. The lowest BCUT2D eigenvalue weighted by Gasteiger charge is -2.15. The molecule has 2 aromatic rings. The van der Waals surface area contributed by atoms with Crippen LogP contribution >= 0.6 is 15.9 Å². The maximum absolute atomic E-state index is 12.8. The Labute approximate surface area is 153 Å². The highest BCUT2D eigenvalue weighted by atomic mass is 79.9. The first-order valence-corrected chi connectivity index (χ1v) is 8.48. The van der Waals surface area contributed by atoms with Gasteiger partial charge in [0.05, 0.1) is 0 Å². The van der Waals surface area contributed by atoms with Crippen LogP contribution in [0.2, 0.25) is 0 Å². The van der Waals surface area contributed by atoms with Crippen LogP contribution < -0.4 is 15.6 Å². The normalized spacial score (nSPS) is 11.5. The van der Waals surface area contributed by atoms with Gasteiger partial charge in [-0.2, -0.15) is 0 Å². The topological polar surface area (TPSA) is 67.4 Å². The maximum atomic E-state index is 12.8. The summed E-state index contributed by atoms with van der Waals surface area (Å²) in [6, 6.07) is 13.0. The predicted octanol–water partition coefficient (Wildman–Crippen LogP) is 3.14. The number of halogens is 2. The molecule has 25 heavy (non-hydrogen) atoms. The molecule has 0 fully saturated rings. The second-order valence-corrected chi connectivity index (χ2v) is 6.30. The monoisotopic (exact) mass is 408 g/mol. The molecule has 132 valence electrons. The van der Waals surface area contributed by atoms with E-state index in [1.165, 1.54) is 12.1 Å². The van der Waals surface area contributed by atoms with Gasteiger partial charge in [0, 0.05) is 10.9 Å². The number of carbonyl (C=O) groups is 2. The molecule has 0 aromatic heterocycles. The fourth-order valence-corrected chi connectivity index (χ4v) is 2.38. The molecule has 5 nitrogen and oxygen atoms in total. The van der Waals surface area contributed by atoms with E-state index in [4.69, 9.17) is 4.74 Å². The maximum Gasteiger partial charge on any atom is 0.279 e. The Hall–Kier alpha value is -2.41. The van der Waals surface area contributed by atoms with Gasteiger partial charge >= 0.3 is 0 Å². The van der Waals surface area contributed by atoms with Crippen molar-refractivity contribution in [3.05, 3.63) is 64.4 Å². The van der Waals surface area contributed by atoms with Gasteiger partial charge in [-0.3, -0.25) is 20.4 Å². The van der Waals surface area contributed by atoms with E-state index in [1.54, 1.807) is 37.3 Å². The molecule has 0 saturated heterocycles. The average Bonchev–Trinajstić information content (AvgIpc) is 2.59. The predicted molar refractivity (Wildman–Crippen MR) is 95.2 cm³/mol. The van der Waals surface area contributed by atoms with Crippen molar-refractivity contribution in [3.8, 4) is 5.75 Å². The van der Waals surface area contributed by atoms with Crippen molar-refractivity contribution in [2.24, 2.45) is 0 Å². The highest BCUT2D eigenvalue weighted by molar-refractivity contribution is 9.10. The number of ether oxygens (including phenoxy) is 1. The summed E-state index contributed by atoms with van der Waals surface area (Å²) in [5, 5.41) is 0. The minimum Gasteiger partial charge on any atom is -0.481 e. The molecular weight excluding hydrogens is 391 g/mol. The molecule has 0 radical (unpaired) electrons. The molecule has 0 saturated carbocycles. The molecule has 2 rings (SSSR count). The van der Waals surface area contributed by atoms with E-state index in [1.807, 2.05) is 6.07 Å². The number of hydrazine groups is 1. The fraction of sp³-hybridized carbons (Fsp3) is 0.222. The van der Waals surface area contributed by atoms with E-state index in [-0.39, 0.29) is 18.1 Å². The molecule has 0 bridgehead atoms. The van der Waals surface area contributed by atoms with Gasteiger partial charge in [0.1, 0.15) is 11.6 Å². The summed E-state index contributed by atoms with van der Waals surface area (Å²) in [6.45, 7) is 1.58. The van der Waals surface area contributed by atoms with Gasteiger partial charge in [0.15, 0.2) is 6.10 Å². The first-order valence-electron chi connectivity index (χ1n) is 7.69.